The Bertz CT molecular complexity index is 933. The molecule has 0 aliphatic carbocycles. The fourth-order valence-corrected chi connectivity index (χ4v) is 3.58. The molecule has 0 spiro atoms. The van der Waals surface area contributed by atoms with Crippen molar-refractivity contribution in [1.29, 1.82) is 0 Å². The number of carbonyl (C=O) groups is 1. The molecule has 7 nitrogen and oxygen atoms in total. The summed E-state index contributed by atoms with van der Waals surface area (Å²) in [6, 6.07) is 7.57. The molecule has 0 unspecified atom stereocenters. The summed E-state index contributed by atoms with van der Waals surface area (Å²) in [4.78, 5) is 11.4. The van der Waals surface area contributed by atoms with Crippen molar-refractivity contribution in [1.82, 2.24) is 0 Å². The van der Waals surface area contributed by atoms with E-state index in [1.54, 1.807) is 41.4 Å². The lowest BCUT2D eigenvalue weighted by Crippen LogP contribution is -2.05. The van der Waals surface area contributed by atoms with Crippen LogP contribution in [0.1, 0.15) is 36.5 Å². The van der Waals surface area contributed by atoms with Crippen molar-refractivity contribution in [2.24, 2.45) is 0 Å². The van der Waals surface area contributed by atoms with E-state index in [0.717, 1.165) is 41.7 Å². The van der Waals surface area contributed by atoms with Gasteiger partial charge < -0.3 is 28.4 Å². The van der Waals surface area contributed by atoms with Gasteiger partial charge in [0.1, 0.15) is 5.75 Å². The van der Waals surface area contributed by atoms with Crippen LogP contribution in [-0.4, -0.2) is 47.6 Å². The van der Waals surface area contributed by atoms with Gasteiger partial charge >= 0.3 is 5.97 Å². The third kappa shape index (κ3) is 6.81. The molecular weight excluding hydrogens is 424 g/mol. The number of ether oxygens (including phenoxy) is 6. The summed E-state index contributed by atoms with van der Waals surface area (Å²) < 4.78 is 33.0. The third-order valence-electron chi connectivity index (χ3n) is 5.17. The summed E-state index contributed by atoms with van der Waals surface area (Å²) in [5.74, 6) is 2.81. The van der Waals surface area contributed by atoms with Crippen LogP contribution in [-0.2, 0) is 16.0 Å². The molecule has 0 heterocycles. The first kappa shape index (κ1) is 25.9. The first-order valence-electron chi connectivity index (χ1n) is 10.9. The van der Waals surface area contributed by atoms with E-state index in [9.17, 15) is 4.79 Å². The van der Waals surface area contributed by atoms with Gasteiger partial charge in [0, 0.05) is 17.2 Å². The fraction of sp³-hybridized carbons (Fsp3) is 0.423. The van der Waals surface area contributed by atoms with Crippen molar-refractivity contribution in [2.75, 3.05) is 41.7 Å². The predicted molar refractivity (Wildman–Crippen MR) is 128 cm³/mol. The highest BCUT2D eigenvalue weighted by atomic mass is 16.5. The molecule has 0 bridgehead atoms. The summed E-state index contributed by atoms with van der Waals surface area (Å²) in [5.41, 5.74) is 2.91. The molecule has 0 radical (unpaired) electrons. The molecule has 33 heavy (non-hydrogen) atoms. The predicted octanol–water partition coefficient (Wildman–Crippen LogP) is 5.01. The molecule has 2 aromatic rings. The Hall–Kier alpha value is -3.35. The SMILES string of the molecule is CCOC(=O)/C=C/c1ccc(OCCCCc2c(C)c(OC)c(OC)c(OC)c2OC)cc1. The van der Waals surface area contributed by atoms with Crippen molar-refractivity contribution in [3.8, 4) is 28.7 Å². The molecule has 0 aliphatic heterocycles. The number of methoxy groups -OCH3 is 4. The molecule has 0 saturated heterocycles. The van der Waals surface area contributed by atoms with Gasteiger partial charge in [0.2, 0.25) is 11.5 Å². The van der Waals surface area contributed by atoms with Crippen LogP contribution in [0.25, 0.3) is 6.08 Å². The zero-order valence-corrected chi connectivity index (χ0v) is 20.4. The lowest BCUT2D eigenvalue weighted by atomic mass is 9.99. The second-order valence-corrected chi connectivity index (χ2v) is 7.20. The minimum Gasteiger partial charge on any atom is -0.494 e. The molecule has 0 fully saturated rings. The lowest BCUT2D eigenvalue weighted by molar-refractivity contribution is -0.137. The topological polar surface area (TPSA) is 72.5 Å². The van der Waals surface area contributed by atoms with Crippen LogP contribution in [0, 0.1) is 6.92 Å². The Morgan fingerprint density at radius 1 is 0.848 bits per heavy atom. The van der Waals surface area contributed by atoms with E-state index < -0.39 is 0 Å². The molecule has 180 valence electrons. The number of carbonyl (C=O) groups excluding carboxylic acids is 1. The molecule has 2 rings (SSSR count). The quantitative estimate of drug-likeness (QED) is 0.237. The number of hydrogen-bond donors (Lipinski definition) is 0. The van der Waals surface area contributed by atoms with E-state index in [-0.39, 0.29) is 5.97 Å². The minimum atomic E-state index is -0.350. The van der Waals surface area contributed by atoms with Gasteiger partial charge in [-0.15, -0.1) is 0 Å². The van der Waals surface area contributed by atoms with Gasteiger partial charge in [-0.25, -0.2) is 4.79 Å². The van der Waals surface area contributed by atoms with Crippen molar-refractivity contribution in [3.05, 3.63) is 47.0 Å². The van der Waals surface area contributed by atoms with E-state index in [1.165, 1.54) is 6.08 Å². The van der Waals surface area contributed by atoms with Gasteiger partial charge in [0.05, 0.1) is 41.7 Å². The molecule has 0 saturated carbocycles. The van der Waals surface area contributed by atoms with Crippen LogP contribution in [0.2, 0.25) is 0 Å². The Morgan fingerprint density at radius 2 is 1.45 bits per heavy atom. The van der Waals surface area contributed by atoms with Gasteiger partial charge in [0.25, 0.3) is 0 Å². The first-order chi connectivity index (χ1) is 16.0. The molecule has 2 aromatic carbocycles. The second kappa shape index (κ2) is 13.3. The molecule has 0 N–H and O–H groups in total. The smallest absolute Gasteiger partial charge is 0.330 e. The molecule has 0 amide bonds. The third-order valence-corrected chi connectivity index (χ3v) is 5.17. The maximum Gasteiger partial charge on any atom is 0.330 e. The van der Waals surface area contributed by atoms with E-state index in [0.29, 0.717) is 36.2 Å². The van der Waals surface area contributed by atoms with Crippen molar-refractivity contribution >= 4 is 12.0 Å². The maximum absolute atomic E-state index is 11.4. The highest BCUT2D eigenvalue weighted by Gasteiger charge is 2.24. The number of hydrogen-bond acceptors (Lipinski definition) is 7. The molecule has 0 aliphatic rings. The van der Waals surface area contributed by atoms with Crippen molar-refractivity contribution in [3.63, 3.8) is 0 Å². The largest absolute Gasteiger partial charge is 0.494 e. The number of esters is 1. The molecule has 7 heteroatoms. The summed E-state index contributed by atoms with van der Waals surface area (Å²) >= 11 is 0. The first-order valence-corrected chi connectivity index (χ1v) is 10.9. The fourth-order valence-electron chi connectivity index (χ4n) is 3.58. The van der Waals surface area contributed by atoms with Crippen LogP contribution >= 0.6 is 0 Å². The Balaban J connectivity index is 1.94. The number of unbranched alkanes of at least 4 members (excludes halogenated alkanes) is 1. The van der Waals surface area contributed by atoms with Crippen LogP contribution in [0.3, 0.4) is 0 Å². The van der Waals surface area contributed by atoms with Crippen molar-refractivity contribution in [2.45, 2.75) is 33.1 Å². The summed E-state index contributed by atoms with van der Waals surface area (Å²) in [7, 11) is 6.41. The Labute approximate surface area is 196 Å². The van der Waals surface area contributed by atoms with E-state index in [4.69, 9.17) is 28.4 Å². The van der Waals surface area contributed by atoms with Crippen LogP contribution in [0.15, 0.2) is 30.3 Å². The normalized spacial score (nSPS) is 10.7. The van der Waals surface area contributed by atoms with Crippen LogP contribution in [0.4, 0.5) is 0 Å². The zero-order chi connectivity index (χ0) is 24.2. The van der Waals surface area contributed by atoms with Crippen LogP contribution in [0.5, 0.6) is 28.7 Å². The number of rotatable bonds is 13. The zero-order valence-electron chi connectivity index (χ0n) is 20.4. The Morgan fingerprint density at radius 3 is 2.03 bits per heavy atom. The summed E-state index contributed by atoms with van der Waals surface area (Å²) in [6.07, 6.45) is 5.68. The maximum atomic E-state index is 11.4. The highest BCUT2D eigenvalue weighted by molar-refractivity contribution is 5.87. The summed E-state index contributed by atoms with van der Waals surface area (Å²) in [5, 5.41) is 0. The molecular formula is C26H34O7. The minimum absolute atomic E-state index is 0.350. The molecule has 0 atom stereocenters. The van der Waals surface area contributed by atoms with Gasteiger partial charge in [-0.1, -0.05) is 12.1 Å². The molecule has 0 aromatic heterocycles. The van der Waals surface area contributed by atoms with E-state index in [1.807, 2.05) is 31.2 Å². The van der Waals surface area contributed by atoms with Crippen LogP contribution < -0.4 is 23.7 Å². The summed E-state index contributed by atoms with van der Waals surface area (Å²) in [6.45, 7) is 4.72. The second-order valence-electron chi connectivity index (χ2n) is 7.20. The standard InChI is InChI=1S/C26H34O7/c1-7-32-22(27)16-13-19-11-14-20(15-12-19)33-17-9-8-10-21-18(2)23(28-3)25(30-5)26(31-6)24(21)29-4/h11-16H,7-10,17H2,1-6H3/b16-13+. The van der Waals surface area contributed by atoms with E-state index >= 15 is 0 Å². The van der Waals surface area contributed by atoms with Gasteiger partial charge in [-0.3, -0.25) is 0 Å². The average molecular weight is 459 g/mol. The van der Waals surface area contributed by atoms with Gasteiger partial charge in [-0.05, 0) is 56.9 Å². The van der Waals surface area contributed by atoms with Crippen molar-refractivity contribution < 1.29 is 33.2 Å². The lowest BCUT2D eigenvalue weighted by Gasteiger charge is -2.21. The Kier molecular flexibility index (Phi) is 10.4. The highest BCUT2D eigenvalue weighted by Crippen LogP contribution is 2.49. The average Bonchev–Trinajstić information content (AvgIpc) is 2.83. The van der Waals surface area contributed by atoms with Gasteiger partial charge in [-0.2, -0.15) is 0 Å². The monoisotopic (exact) mass is 458 g/mol. The van der Waals surface area contributed by atoms with E-state index in [2.05, 4.69) is 0 Å². The number of benzene rings is 2. The van der Waals surface area contributed by atoms with Gasteiger partial charge in [0.15, 0.2) is 11.5 Å².